The van der Waals surface area contributed by atoms with Crippen LogP contribution in [0.3, 0.4) is 0 Å². The van der Waals surface area contributed by atoms with Gasteiger partial charge in [0, 0.05) is 32.1 Å². The molecule has 0 saturated carbocycles. The number of carbonyl (C=O) groups is 2. The lowest BCUT2D eigenvalue weighted by Crippen LogP contribution is -2.38. The molecule has 3 aromatic rings. The first-order valence-electron chi connectivity index (χ1n) is 11.2. The highest BCUT2D eigenvalue weighted by Gasteiger charge is 2.25. The average Bonchev–Trinajstić information content (AvgIpc) is 3.21. The molecule has 0 radical (unpaired) electrons. The van der Waals surface area contributed by atoms with Gasteiger partial charge in [0.25, 0.3) is 11.1 Å². The third kappa shape index (κ3) is 5.61. The zero-order valence-electron chi connectivity index (χ0n) is 19.0. The van der Waals surface area contributed by atoms with Crippen molar-refractivity contribution in [3.05, 3.63) is 71.0 Å². The number of rotatable bonds is 6. The summed E-state index contributed by atoms with van der Waals surface area (Å²) in [5.41, 5.74) is 1.26. The number of nitrogens with zero attached hydrogens (tertiary/aromatic N) is 5. The summed E-state index contributed by atoms with van der Waals surface area (Å²) < 4.78 is 12.0. The number of thioether (sulfide) groups is 1. The van der Waals surface area contributed by atoms with Gasteiger partial charge < -0.3 is 14.4 Å². The van der Waals surface area contributed by atoms with Gasteiger partial charge in [-0.15, -0.1) is 0 Å². The Morgan fingerprint density at radius 2 is 1.92 bits per heavy atom. The lowest BCUT2D eigenvalue weighted by molar-refractivity contribution is -0.115. The quantitative estimate of drug-likeness (QED) is 0.497. The fourth-order valence-corrected chi connectivity index (χ4v) is 4.50. The van der Waals surface area contributed by atoms with Gasteiger partial charge in [0.05, 0.1) is 16.5 Å². The van der Waals surface area contributed by atoms with Crippen molar-refractivity contribution in [1.82, 2.24) is 20.3 Å². The van der Waals surface area contributed by atoms with Gasteiger partial charge in [-0.3, -0.25) is 14.9 Å². The van der Waals surface area contributed by atoms with Crippen LogP contribution in [-0.4, -0.2) is 45.3 Å². The minimum atomic E-state index is -0.409. The molecule has 0 spiro atoms. The van der Waals surface area contributed by atoms with Crippen molar-refractivity contribution >= 4 is 34.8 Å². The zero-order valence-corrected chi connectivity index (χ0v) is 19.8. The Morgan fingerprint density at radius 3 is 2.64 bits per heavy atom. The fourth-order valence-electron chi connectivity index (χ4n) is 3.82. The van der Waals surface area contributed by atoms with E-state index in [4.69, 9.17) is 14.7 Å². The van der Waals surface area contributed by atoms with E-state index in [-0.39, 0.29) is 11.3 Å². The number of ether oxygens (including phenoxy) is 2. The minimum Gasteiger partial charge on any atom is -0.474 e. The van der Waals surface area contributed by atoms with Crippen LogP contribution in [-0.2, 0) is 4.79 Å². The molecule has 2 aliphatic heterocycles. The third-order valence-electron chi connectivity index (χ3n) is 5.57. The van der Waals surface area contributed by atoms with Crippen LogP contribution in [0.4, 0.5) is 10.6 Å². The number of carbonyl (C=O) groups excluding carboxylic acids is 2. The second-order valence-electron chi connectivity index (χ2n) is 8.04. The van der Waals surface area contributed by atoms with Gasteiger partial charge in [0.15, 0.2) is 0 Å². The van der Waals surface area contributed by atoms with E-state index in [2.05, 4.69) is 31.2 Å². The SMILES string of the molecule is N#Cc1ccc(N2CCC(Oc3cc(Oc4cccc(/C=C5/SC(=O)NC5=O)c4)ncn3)CC2)nc1. The summed E-state index contributed by atoms with van der Waals surface area (Å²) >= 11 is 0.862. The third-order valence-corrected chi connectivity index (χ3v) is 6.38. The summed E-state index contributed by atoms with van der Waals surface area (Å²) in [5.74, 6) is 1.71. The van der Waals surface area contributed by atoms with Gasteiger partial charge in [0.1, 0.15) is 30.1 Å². The lowest BCUT2D eigenvalue weighted by atomic mass is 10.1. The van der Waals surface area contributed by atoms with Crippen LogP contribution < -0.4 is 19.7 Å². The number of imide groups is 1. The summed E-state index contributed by atoms with van der Waals surface area (Å²) in [5, 5.41) is 10.8. The predicted molar refractivity (Wildman–Crippen MR) is 132 cm³/mol. The summed E-state index contributed by atoms with van der Waals surface area (Å²) in [6, 6.07) is 14.5. The van der Waals surface area contributed by atoms with E-state index in [9.17, 15) is 9.59 Å². The van der Waals surface area contributed by atoms with E-state index in [0.717, 1.165) is 43.5 Å². The second kappa shape index (κ2) is 10.5. The van der Waals surface area contributed by atoms with Crippen molar-refractivity contribution < 1.29 is 19.1 Å². The average molecular weight is 501 g/mol. The molecule has 2 saturated heterocycles. The van der Waals surface area contributed by atoms with E-state index in [1.165, 1.54) is 6.33 Å². The fraction of sp³-hybridized carbons (Fsp3) is 0.200. The summed E-state index contributed by atoms with van der Waals surface area (Å²) in [6.07, 6.45) is 6.19. The summed E-state index contributed by atoms with van der Waals surface area (Å²) in [7, 11) is 0. The van der Waals surface area contributed by atoms with E-state index in [1.807, 2.05) is 12.1 Å². The molecule has 2 aliphatic rings. The Balaban J connectivity index is 1.19. The van der Waals surface area contributed by atoms with Gasteiger partial charge in [-0.2, -0.15) is 5.26 Å². The lowest BCUT2D eigenvalue weighted by Gasteiger charge is -2.32. The van der Waals surface area contributed by atoms with Gasteiger partial charge in [-0.1, -0.05) is 12.1 Å². The predicted octanol–water partition coefficient (Wildman–Crippen LogP) is 3.91. The van der Waals surface area contributed by atoms with Crippen molar-refractivity contribution in [2.75, 3.05) is 18.0 Å². The van der Waals surface area contributed by atoms with E-state index >= 15 is 0 Å². The zero-order chi connectivity index (χ0) is 24.9. The highest BCUT2D eigenvalue weighted by molar-refractivity contribution is 8.18. The first-order valence-corrected chi connectivity index (χ1v) is 12.0. The normalized spacial score (nSPS) is 17.1. The maximum atomic E-state index is 11.8. The summed E-state index contributed by atoms with van der Waals surface area (Å²) in [6.45, 7) is 1.56. The Bertz CT molecular complexity index is 1360. The monoisotopic (exact) mass is 500 g/mol. The van der Waals surface area contributed by atoms with Crippen molar-refractivity contribution in [3.63, 3.8) is 0 Å². The molecule has 10 nitrogen and oxygen atoms in total. The van der Waals surface area contributed by atoms with Gasteiger partial charge in [-0.25, -0.2) is 15.0 Å². The Labute approximate surface area is 211 Å². The molecule has 0 aliphatic carbocycles. The van der Waals surface area contributed by atoms with E-state index in [1.54, 1.807) is 42.6 Å². The molecular weight excluding hydrogens is 480 g/mol. The standard InChI is InChI=1S/C25H20N6O4S/c26-13-17-4-5-21(27-14-17)31-8-6-18(7-9-31)34-22-12-23(29-15-28-22)35-19-3-1-2-16(10-19)11-20-24(32)30-25(33)36-20/h1-5,10-12,14-15,18H,6-9H2,(H,30,32,33)/b20-11+. The van der Waals surface area contributed by atoms with E-state index < -0.39 is 5.91 Å². The van der Waals surface area contributed by atoms with Crippen LogP contribution in [0, 0.1) is 11.3 Å². The van der Waals surface area contributed by atoms with Crippen LogP contribution in [0.2, 0.25) is 0 Å². The molecule has 2 fully saturated rings. The van der Waals surface area contributed by atoms with Gasteiger partial charge >= 0.3 is 0 Å². The molecule has 1 aromatic carbocycles. The van der Waals surface area contributed by atoms with Crippen LogP contribution in [0.15, 0.2) is 59.9 Å². The highest BCUT2D eigenvalue weighted by atomic mass is 32.2. The van der Waals surface area contributed by atoms with Crippen LogP contribution in [0.1, 0.15) is 24.0 Å². The number of anilines is 1. The molecular formula is C25H20N6O4S. The van der Waals surface area contributed by atoms with E-state index in [0.29, 0.717) is 33.5 Å². The molecule has 0 unspecified atom stereocenters. The Kier molecular flexibility index (Phi) is 6.77. The second-order valence-corrected chi connectivity index (χ2v) is 9.06. The highest BCUT2D eigenvalue weighted by Crippen LogP contribution is 2.28. The molecule has 11 heteroatoms. The van der Waals surface area contributed by atoms with Gasteiger partial charge in [0.2, 0.25) is 11.8 Å². The number of nitriles is 1. The number of pyridine rings is 1. The number of piperidine rings is 1. The molecule has 36 heavy (non-hydrogen) atoms. The van der Waals surface area contributed by atoms with Crippen molar-refractivity contribution in [3.8, 4) is 23.6 Å². The van der Waals surface area contributed by atoms with Gasteiger partial charge in [-0.05, 0) is 47.7 Å². The Hall–Kier alpha value is -4.43. The number of aromatic nitrogens is 3. The molecule has 4 heterocycles. The number of hydrogen-bond acceptors (Lipinski definition) is 10. The summed E-state index contributed by atoms with van der Waals surface area (Å²) in [4.78, 5) is 38.4. The molecule has 0 atom stereocenters. The first kappa shape index (κ1) is 23.3. The molecule has 5 rings (SSSR count). The molecule has 2 aromatic heterocycles. The van der Waals surface area contributed by atoms with Crippen LogP contribution in [0.5, 0.6) is 17.5 Å². The van der Waals surface area contributed by atoms with Crippen molar-refractivity contribution in [2.45, 2.75) is 18.9 Å². The number of benzene rings is 1. The van der Waals surface area contributed by atoms with Crippen molar-refractivity contribution in [2.24, 2.45) is 0 Å². The number of nitrogens with one attached hydrogen (secondary N) is 1. The van der Waals surface area contributed by atoms with Crippen molar-refractivity contribution in [1.29, 1.82) is 5.26 Å². The smallest absolute Gasteiger partial charge is 0.290 e. The van der Waals surface area contributed by atoms with Crippen LogP contribution >= 0.6 is 11.8 Å². The number of amides is 2. The molecule has 180 valence electrons. The Morgan fingerprint density at radius 1 is 1.08 bits per heavy atom. The topological polar surface area (TPSA) is 130 Å². The maximum Gasteiger partial charge on any atom is 0.290 e. The molecule has 1 N–H and O–H groups in total. The van der Waals surface area contributed by atoms with Crippen LogP contribution in [0.25, 0.3) is 6.08 Å². The molecule has 0 bridgehead atoms. The first-order chi connectivity index (χ1) is 17.6. The number of hydrogen-bond donors (Lipinski definition) is 1. The largest absolute Gasteiger partial charge is 0.474 e. The maximum absolute atomic E-state index is 11.8. The minimum absolute atomic E-state index is 0.00453. The molecule has 2 amide bonds.